The van der Waals surface area contributed by atoms with Gasteiger partial charge in [-0.15, -0.1) is 0 Å². The topological polar surface area (TPSA) is 59.2 Å². The fraction of sp³-hybridized carbons (Fsp3) is 0.846. The smallest absolute Gasteiger partial charge is 0.226 e. The summed E-state index contributed by atoms with van der Waals surface area (Å²) in [5.41, 5.74) is 0. The molecule has 2 atom stereocenters. The van der Waals surface area contributed by atoms with Crippen LogP contribution >= 0.6 is 0 Å². The van der Waals surface area contributed by atoms with Crippen LogP contribution in [0.4, 0.5) is 0 Å². The van der Waals surface area contributed by atoms with Crippen LogP contribution in [-0.2, 0) is 6.42 Å². The van der Waals surface area contributed by atoms with E-state index in [-0.39, 0.29) is 6.61 Å². The third kappa shape index (κ3) is 3.28. The lowest BCUT2D eigenvalue weighted by atomic mass is 9.80. The van der Waals surface area contributed by atoms with Gasteiger partial charge in [0.05, 0.1) is 0 Å². The average molecular weight is 238 g/mol. The molecule has 1 heterocycles. The van der Waals surface area contributed by atoms with Crippen molar-refractivity contribution in [3.8, 4) is 0 Å². The number of hydrogen-bond acceptors (Lipinski definition) is 4. The van der Waals surface area contributed by atoms with Crippen molar-refractivity contribution < 1.29 is 9.63 Å². The molecular weight excluding hydrogens is 216 g/mol. The van der Waals surface area contributed by atoms with Crippen LogP contribution in [0.5, 0.6) is 0 Å². The summed E-state index contributed by atoms with van der Waals surface area (Å²) in [5.74, 6) is 2.87. The van der Waals surface area contributed by atoms with E-state index in [0.29, 0.717) is 24.7 Å². The zero-order valence-electron chi connectivity index (χ0n) is 10.6. The van der Waals surface area contributed by atoms with E-state index in [9.17, 15) is 0 Å². The minimum absolute atomic E-state index is 0.180. The second-order valence-electron chi connectivity index (χ2n) is 5.01. The fourth-order valence-corrected chi connectivity index (χ4v) is 2.66. The summed E-state index contributed by atoms with van der Waals surface area (Å²) in [5, 5.41) is 12.9. The Kier molecular flexibility index (Phi) is 4.54. The van der Waals surface area contributed by atoms with E-state index in [1.807, 2.05) is 0 Å². The summed E-state index contributed by atoms with van der Waals surface area (Å²) in [4.78, 5) is 4.45. The molecule has 0 radical (unpaired) electrons. The molecule has 4 nitrogen and oxygen atoms in total. The Hall–Kier alpha value is -0.900. The third-order valence-electron chi connectivity index (χ3n) is 3.76. The van der Waals surface area contributed by atoms with E-state index in [1.54, 1.807) is 0 Å². The molecule has 1 aliphatic carbocycles. The molecule has 1 aromatic rings. The first-order valence-electron chi connectivity index (χ1n) is 6.76. The number of hydrogen-bond donors (Lipinski definition) is 1. The lowest BCUT2D eigenvalue weighted by Crippen LogP contribution is -2.14. The van der Waals surface area contributed by atoms with Crippen LogP contribution in [0, 0.1) is 5.92 Å². The summed E-state index contributed by atoms with van der Waals surface area (Å²) in [6.45, 7) is 2.44. The van der Waals surface area contributed by atoms with Crippen molar-refractivity contribution in [3.63, 3.8) is 0 Å². The molecule has 0 aliphatic heterocycles. The van der Waals surface area contributed by atoms with Crippen molar-refractivity contribution in [2.24, 2.45) is 5.92 Å². The Morgan fingerprint density at radius 2 is 2.29 bits per heavy atom. The Labute approximate surface area is 102 Å². The van der Waals surface area contributed by atoms with Crippen molar-refractivity contribution in [1.29, 1.82) is 0 Å². The Bertz CT molecular complexity index is 338. The highest BCUT2D eigenvalue weighted by Gasteiger charge is 2.25. The molecule has 17 heavy (non-hydrogen) atoms. The maximum atomic E-state index is 8.76. The van der Waals surface area contributed by atoms with Crippen LogP contribution in [0.2, 0.25) is 0 Å². The van der Waals surface area contributed by atoms with Gasteiger partial charge in [0.15, 0.2) is 5.82 Å². The highest BCUT2D eigenvalue weighted by molar-refractivity contribution is 4.98. The molecule has 1 saturated carbocycles. The summed E-state index contributed by atoms with van der Waals surface area (Å²) in [6, 6.07) is 0. The number of aliphatic hydroxyl groups is 1. The first kappa shape index (κ1) is 12.6. The van der Waals surface area contributed by atoms with E-state index in [2.05, 4.69) is 17.1 Å². The van der Waals surface area contributed by atoms with E-state index in [4.69, 9.17) is 9.63 Å². The zero-order valence-corrected chi connectivity index (χ0v) is 10.6. The molecule has 1 N–H and O–H groups in total. The van der Waals surface area contributed by atoms with Gasteiger partial charge in [0.1, 0.15) is 0 Å². The van der Waals surface area contributed by atoms with Gasteiger partial charge in [-0.2, -0.15) is 4.98 Å². The van der Waals surface area contributed by atoms with Crippen molar-refractivity contribution in [2.45, 2.75) is 57.8 Å². The second kappa shape index (κ2) is 6.15. The van der Waals surface area contributed by atoms with Gasteiger partial charge in [-0.3, -0.25) is 0 Å². The maximum Gasteiger partial charge on any atom is 0.226 e. The normalized spacial score (nSPS) is 25.1. The van der Waals surface area contributed by atoms with Gasteiger partial charge in [-0.25, -0.2) is 0 Å². The SMILES string of the molecule is CCC1CCCC(c2noc(CCCO)n2)C1. The van der Waals surface area contributed by atoms with E-state index in [0.717, 1.165) is 11.7 Å². The molecule has 0 spiro atoms. The molecular formula is C13H22N2O2. The van der Waals surface area contributed by atoms with Crippen molar-refractivity contribution in [1.82, 2.24) is 10.1 Å². The molecule has 0 amide bonds. The number of aryl methyl sites for hydroxylation is 1. The van der Waals surface area contributed by atoms with Crippen LogP contribution in [-0.4, -0.2) is 21.9 Å². The van der Waals surface area contributed by atoms with E-state index in [1.165, 1.54) is 32.1 Å². The van der Waals surface area contributed by atoms with Crippen LogP contribution < -0.4 is 0 Å². The third-order valence-corrected chi connectivity index (χ3v) is 3.76. The van der Waals surface area contributed by atoms with Crippen molar-refractivity contribution in [2.75, 3.05) is 6.61 Å². The molecule has 1 aromatic heterocycles. The quantitative estimate of drug-likeness (QED) is 0.856. The predicted molar refractivity (Wildman–Crippen MR) is 64.7 cm³/mol. The number of nitrogens with zero attached hydrogens (tertiary/aromatic N) is 2. The Balaban J connectivity index is 1.94. The van der Waals surface area contributed by atoms with Gasteiger partial charge >= 0.3 is 0 Å². The number of rotatable bonds is 5. The monoisotopic (exact) mass is 238 g/mol. The summed E-state index contributed by atoms with van der Waals surface area (Å²) in [7, 11) is 0. The average Bonchev–Trinajstić information content (AvgIpc) is 2.85. The molecule has 0 saturated heterocycles. The first-order valence-corrected chi connectivity index (χ1v) is 6.76. The van der Waals surface area contributed by atoms with Gasteiger partial charge in [0.25, 0.3) is 0 Å². The Morgan fingerprint density at radius 1 is 1.41 bits per heavy atom. The van der Waals surface area contributed by atoms with Crippen molar-refractivity contribution >= 4 is 0 Å². The van der Waals surface area contributed by atoms with Gasteiger partial charge in [0.2, 0.25) is 5.89 Å². The summed E-state index contributed by atoms with van der Waals surface area (Å²) in [6.07, 6.45) is 7.67. The highest BCUT2D eigenvalue weighted by Crippen LogP contribution is 2.36. The summed E-state index contributed by atoms with van der Waals surface area (Å²) >= 11 is 0. The lowest BCUT2D eigenvalue weighted by molar-refractivity contribution is 0.276. The molecule has 0 aromatic carbocycles. The molecule has 1 aliphatic rings. The van der Waals surface area contributed by atoms with Gasteiger partial charge < -0.3 is 9.63 Å². The highest BCUT2D eigenvalue weighted by atomic mass is 16.5. The first-order chi connectivity index (χ1) is 8.33. The summed E-state index contributed by atoms with van der Waals surface area (Å²) < 4.78 is 5.22. The molecule has 0 bridgehead atoms. The zero-order chi connectivity index (χ0) is 12.1. The van der Waals surface area contributed by atoms with Crippen LogP contribution in [0.15, 0.2) is 4.52 Å². The standard InChI is InChI=1S/C13H22N2O2/c1-2-10-5-3-6-11(9-10)13-14-12(17-15-13)7-4-8-16/h10-11,16H,2-9H2,1H3. The van der Waals surface area contributed by atoms with Crippen molar-refractivity contribution in [3.05, 3.63) is 11.7 Å². The van der Waals surface area contributed by atoms with Crippen LogP contribution in [0.25, 0.3) is 0 Å². The fourth-order valence-electron chi connectivity index (χ4n) is 2.66. The predicted octanol–water partition coefficient (Wildman–Crippen LogP) is 2.68. The largest absolute Gasteiger partial charge is 0.396 e. The van der Waals surface area contributed by atoms with Crippen LogP contribution in [0.3, 0.4) is 0 Å². The second-order valence-corrected chi connectivity index (χ2v) is 5.01. The number of aromatic nitrogens is 2. The van der Waals surface area contributed by atoms with E-state index < -0.39 is 0 Å². The van der Waals surface area contributed by atoms with Crippen LogP contribution in [0.1, 0.15) is 63.1 Å². The van der Waals surface area contributed by atoms with E-state index >= 15 is 0 Å². The molecule has 2 rings (SSSR count). The molecule has 96 valence electrons. The van der Waals surface area contributed by atoms with Gasteiger partial charge in [-0.05, 0) is 25.2 Å². The van der Waals surface area contributed by atoms with Gasteiger partial charge in [0, 0.05) is 18.9 Å². The minimum Gasteiger partial charge on any atom is -0.396 e. The molecule has 2 unspecified atom stereocenters. The number of aliphatic hydroxyl groups excluding tert-OH is 1. The maximum absolute atomic E-state index is 8.76. The minimum atomic E-state index is 0.180. The molecule has 1 fully saturated rings. The Morgan fingerprint density at radius 3 is 3.06 bits per heavy atom. The van der Waals surface area contributed by atoms with Gasteiger partial charge in [-0.1, -0.05) is 31.3 Å². The molecule has 4 heteroatoms. The lowest BCUT2D eigenvalue weighted by Gasteiger charge is -2.26.